The number of hydrogen-bond acceptors (Lipinski definition) is 5. The maximum Gasteiger partial charge on any atom is 0.183 e. The molecule has 0 amide bonds. The van der Waals surface area contributed by atoms with Crippen LogP contribution in [0.4, 0.5) is 0 Å². The number of ketones is 1. The summed E-state index contributed by atoms with van der Waals surface area (Å²) in [7, 11) is 0. The molecule has 3 nitrogen and oxygen atoms in total. The number of aromatic nitrogens is 1. The third kappa shape index (κ3) is 3.67. The van der Waals surface area contributed by atoms with Gasteiger partial charge in [0, 0.05) is 5.56 Å². The first-order chi connectivity index (χ1) is 11.3. The molecule has 0 aliphatic rings. The molecule has 0 radical (unpaired) electrons. The molecule has 112 valence electrons. The Labute approximate surface area is 142 Å². The highest BCUT2D eigenvalue weighted by atomic mass is 32.2. The van der Waals surface area contributed by atoms with Crippen LogP contribution in [0.15, 0.2) is 65.0 Å². The Hall–Kier alpha value is -2.42. The molecule has 3 aromatic rings. The number of benzene rings is 1. The first kappa shape index (κ1) is 15.5. The number of Topliss-reactive ketones (excluding diaryl/α,β-unsaturated/α-hetero) is 1. The second-order valence-electron chi connectivity index (χ2n) is 4.72. The number of carbonyl (C=O) groups is 1. The van der Waals surface area contributed by atoms with E-state index >= 15 is 0 Å². The normalized spacial score (nSPS) is 10.2. The van der Waals surface area contributed by atoms with E-state index in [0.717, 1.165) is 16.1 Å². The van der Waals surface area contributed by atoms with Crippen molar-refractivity contribution in [1.82, 2.24) is 4.98 Å². The zero-order chi connectivity index (χ0) is 16.1. The van der Waals surface area contributed by atoms with Crippen LogP contribution in [0, 0.1) is 11.3 Å². The molecule has 1 aromatic carbocycles. The van der Waals surface area contributed by atoms with Gasteiger partial charge in [-0.3, -0.25) is 4.79 Å². The van der Waals surface area contributed by atoms with E-state index in [1.54, 1.807) is 6.07 Å². The molecule has 0 bridgehead atoms. The molecule has 0 atom stereocenters. The molecule has 0 unspecified atom stereocenters. The standard InChI is InChI=1S/C18H12N2OS2/c19-11-14-8-9-15(13-5-2-1-3-6-13)20-18(14)23-12-16(21)17-7-4-10-22-17/h1-10H,12H2. The van der Waals surface area contributed by atoms with Gasteiger partial charge >= 0.3 is 0 Å². The quantitative estimate of drug-likeness (QED) is 0.502. The van der Waals surface area contributed by atoms with E-state index in [-0.39, 0.29) is 11.5 Å². The van der Waals surface area contributed by atoms with Crippen LogP contribution in [0.25, 0.3) is 11.3 Å². The van der Waals surface area contributed by atoms with Gasteiger partial charge in [-0.25, -0.2) is 4.98 Å². The highest BCUT2D eigenvalue weighted by molar-refractivity contribution is 8.00. The largest absolute Gasteiger partial charge is 0.292 e. The summed E-state index contributed by atoms with van der Waals surface area (Å²) in [5, 5.41) is 11.7. The van der Waals surface area contributed by atoms with Crippen molar-refractivity contribution in [3.8, 4) is 17.3 Å². The lowest BCUT2D eigenvalue weighted by molar-refractivity contribution is 0.102. The van der Waals surface area contributed by atoms with Gasteiger partial charge in [0.25, 0.3) is 0 Å². The topological polar surface area (TPSA) is 53.8 Å². The zero-order valence-corrected chi connectivity index (χ0v) is 13.7. The number of carbonyl (C=O) groups excluding carboxylic acids is 1. The number of nitriles is 1. The number of hydrogen-bond donors (Lipinski definition) is 0. The molecule has 0 saturated carbocycles. The third-order valence-electron chi connectivity index (χ3n) is 3.19. The Morgan fingerprint density at radius 3 is 2.65 bits per heavy atom. The van der Waals surface area contributed by atoms with E-state index in [4.69, 9.17) is 0 Å². The van der Waals surface area contributed by atoms with Gasteiger partial charge in [-0.1, -0.05) is 48.2 Å². The van der Waals surface area contributed by atoms with E-state index in [1.807, 2.05) is 53.9 Å². The van der Waals surface area contributed by atoms with E-state index in [9.17, 15) is 10.1 Å². The van der Waals surface area contributed by atoms with E-state index in [1.165, 1.54) is 23.1 Å². The number of rotatable bonds is 5. The lowest BCUT2D eigenvalue weighted by Gasteiger charge is -2.06. The fourth-order valence-electron chi connectivity index (χ4n) is 2.05. The second-order valence-corrected chi connectivity index (χ2v) is 6.63. The van der Waals surface area contributed by atoms with E-state index in [2.05, 4.69) is 11.1 Å². The second kappa shape index (κ2) is 7.23. The van der Waals surface area contributed by atoms with Crippen LogP contribution in [0.5, 0.6) is 0 Å². The predicted molar refractivity (Wildman–Crippen MR) is 93.8 cm³/mol. The Morgan fingerprint density at radius 2 is 1.96 bits per heavy atom. The summed E-state index contributed by atoms with van der Waals surface area (Å²) in [6, 6.07) is 19.2. The molecule has 23 heavy (non-hydrogen) atoms. The van der Waals surface area contributed by atoms with Crippen molar-refractivity contribution in [2.24, 2.45) is 0 Å². The van der Waals surface area contributed by atoms with Crippen LogP contribution in [-0.2, 0) is 0 Å². The predicted octanol–water partition coefficient (Wildman–Crippen LogP) is 4.66. The summed E-state index contributed by atoms with van der Waals surface area (Å²) in [5.41, 5.74) is 2.28. The van der Waals surface area contributed by atoms with Crippen LogP contribution in [0.3, 0.4) is 0 Å². The average molecular weight is 336 g/mol. The summed E-state index contributed by atoms with van der Waals surface area (Å²) >= 11 is 2.74. The molecule has 0 saturated heterocycles. The van der Waals surface area contributed by atoms with Crippen molar-refractivity contribution in [2.45, 2.75) is 5.03 Å². The highest BCUT2D eigenvalue weighted by Crippen LogP contribution is 2.26. The monoisotopic (exact) mass is 336 g/mol. The molecule has 0 aliphatic carbocycles. The Bertz CT molecular complexity index is 852. The first-order valence-corrected chi connectivity index (χ1v) is 8.80. The molecule has 2 aromatic heterocycles. The number of pyridine rings is 1. The number of thioether (sulfide) groups is 1. The molecule has 0 aliphatic heterocycles. The fourth-order valence-corrected chi connectivity index (χ4v) is 3.66. The molecule has 0 N–H and O–H groups in total. The third-order valence-corrected chi connectivity index (χ3v) is 5.09. The zero-order valence-electron chi connectivity index (χ0n) is 12.1. The van der Waals surface area contributed by atoms with Gasteiger partial charge in [-0.15, -0.1) is 11.3 Å². The van der Waals surface area contributed by atoms with Gasteiger partial charge in [0.15, 0.2) is 5.78 Å². The molecule has 0 fully saturated rings. The summed E-state index contributed by atoms with van der Waals surface area (Å²) in [6.07, 6.45) is 0. The van der Waals surface area contributed by atoms with Crippen LogP contribution >= 0.6 is 23.1 Å². The minimum Gasteiger partial charge on any atom is -0.292 e. The Kier molecular flexibility index (Phi) is 4.86. The van der Waals surface area contributed by atoms with Crippen LogP contribution in [0.2, 0.25) is 0 Å². The van der Waals surface area contributed by atoms with E-state index < -0.39 is 0 Å². The van der Waals surface area contributed by atoms with Gasteiger partial charge in [-0.2, -0.15) is 5.26 Å². The van der Waals surface area contributed by atoms with Gasteiger partial charge in [-0.05, 0) is 23.6 Å². The van der Waals surface area contributed by atoms with Crippen molar-refractivity contribution in [3.63, 3.8) is 0 Å². The molecule has 3 rings (SSSR count). The van der Waals surface area contributed by atoms with Gasteiger partial charge in [0.2, 0.25) is 0 Å². The van der Waals surface area contributed by atoms with Crippen molar-refractivity contribution < 1.29 is 4.79 Å². The molecule has 2 heterocycles. The van der Waals surface area contributed by atoms with Crippen molar-refractivity contribution in [3.05, 3.63) is 70.4 Å². The summed E-state index contributed by atoms with van der Waals surface area (Å²) in [4.78, 5) is 17.4. The van der Waals surface area contributed by atoms with Crippen LogP contribution in [-0.4, -0.2) is 16.5 Å². The van der Waals surface area contributed by atoms with Crippen LogP contribution < -0.4 is 0 Å². The summed E-state index contributed by atoms with van der Waals surface area (Å²) in [6.45, 7) is 0. The maximum absolute atomic E-state index is 12.1. The van der Waals surface area contributed by atoms with Gasteiger partial charge < -0.3 is 0 Å². The minimum absolute atomic E-state index is 0.0563. The minimum atomic E-state index is 0.0563. The lowest BCUT2D eigenvalue weighted by Crippen LogP contribution is -2.01. The fraction of sp³-hybridized carbons (Fsp3) is 0.0556. The number of thiophene rings is 1. The number of nitrogens with zero attached hydrogens (tertiary/aromatic N) is 2. The van der Waals surface area contributed by atoms with Crippen molar-refractivity contribution >= 4 is 28.9 Å². The lowest BCUT2D eigenvalue weighted by atomic mass is 10.1. The first-order valence-electron chi connectivity index (χ1n) is 6.94. The SMILES string of the molecule is N#Cc1ccc(-c2ccccc2)nc1SCC(=O)c1cccs1. The van der Waals surface area contributed by atoms with Crippen molar-refractivity contribution in [2.75, 3.05) is 5.75 Å². The molecule has 0 spiro atoms. The molecular formula is C18H12N2OS2. The van der Waals surface area contributed by atoms with E-state index in [0.29, 0.717) is 10.6 Å². The maximum atomic E-state index is 12.1. The smallest absolute Gasteiger partial charge is 0.183 e. The Morgan fingerprint density at radius 1 is 1.13 bits per heavy atom. The van der Waals surface area contributed by atoms with Crippen LogP contribution in [0.1, 0.15) is 15.2 Å². The average Bonchev–Trinajstić information content (AvgIpc) is 3.15. The Balaban J connectivity index is 1.83. The summed E-state index contributed by atoms with van der Waals surface area (Å²) < 4.78 is 0. The molecular weight excluding hydrogens is 324 g/mol. The van der Waals surface area contributed by atoms with Gasteiger partial charge in [0.1, 0.15) is 11.1 Å². The highest BCUT2D eigenvalue weighted by Gasteiger charge is 2.12. The summed E-state index contributed by atoms with van der Waals surface area (Å²) in [5.74, 6) is 0.335. The molecule has 5 heteroatoms. The van der Waals surface area contributed by atoms with Gasteiger partial charge in [0.05, 0.1) is 21.9 Å². The van der Waals surface area contributed by atoms with Crippen molar-refractivity contribution in [1.29, 1.82) is 5.26 Å².